The second-order valence-electron chi connectivity index (χ2n) is 10.5. The minimum atomic E-state index is -0.713. The predicted molar refractivity (Wildman–Crippen MR) is 172 cm³/mol. The van der Waals surface area contributed by atoms with E-state index in [-0.39, 0.29) is 31.2 Å². The Bertz CT molecular complexity index is 1970. The van der Waals surface area contributed by atoms with E-state index in [0.29, 0.717) is 28.5 Å². The molecule has 4 aromatic heterocycles. The normalized spacial score (nSPS) is 10.4. The number of hydrogen-bond donors (Lipinski definition) is 0. The molecule has 241 valence electrons. The van der Waals surface area contributed by atoms with E-state index in [4.69, 9.17) is 4.98 Å². The number of aromatic nitrogens is 4. The van der Waals surface area contributed by atoms with Crippen LogP contribution in [-0.2, 0) is 20.1 Å². The van der Waals surface area contributed by atoms with E-state index < -0.39 is 23.3 Å². The van der Waals surface area contributed by atoms with E-state index in [0.717, 1.165) is 41.3 Å². The Morgan fingerprint density at radius 2 is 1.02 bits per heavy atom. The molecule has 0 fully saturated rings. The van der Waals surface area contributed by atoms with Crippen LogP contribution in [-0.4, -0.2) is 48.1 Å². The van der Waals surface area contributed by atoms with E-state index in [1.54, 1.807) is 48.8 Å². The van der Waals surface area contributed by atoms with Crippen LogP contribution < -0.4 is 9.80 Å². The molecule has 0 N–H and O–H groups in total. The summed E-state index contributed by atoms with van der Waals surface area (Å²) in [6.07, 6.45) is 3.30. The number of hydrogen-bond acceptors (Lipinski definition) is 6. The molecule has 47 heavy (non-hydrogen) atoms. The SMILES string of the molecule is CN(C)c1ccnc(-c2cc(N(C)C)cc(-c3cccc(-c4[c-]cc(F)cc4F)n3)n2)c1.Fc1c[c-]c(-c2ccccn2)c(F)c1.[Ir]. The monoisotopic (exact) mass is 813 g/mol. The third-order valence-electron chi connectivity index (χ3n) is 6.75. The molecule has 0 saturated heterocycles. The Morgan fingerprint density at radius 3 is 1.60 bits per heavy atom. The Labute approximate surface area is 284 Å². The van der Waals surface area contributed by atoms with Gasteiger partial charge in [-0.3, -0.25) is 27.5 Å². The smallest absolute Gasteiger partial charge is 0.0915 e. The van der Waals surface area contributed by atoms with Crippen LogP contribution in [0.3, 0.4) is 0 Å². The molecule has 11 heteroatoms. The molecule has 6 nitrogen and oxygen atoms in total. The van der Waals surface area contributed by atoms with Crippen molar-refractivity contribution in [3.8, 4) is 45.3 Å². The molecular weight excluding hydrogens is 785 g/mol. The average molecular weight is 813 g/mol. The molecule has 0 aliphatic carbocycles. The first-order chi connectivity index (χ1) is 22.1. The second kappa shape index (κ2) is 15.5. The third kappa shape index (κ3) is 8.64. The summed E-state index contributed by atoms with van der Waals surface area (Å²) in [6.45, 7) is 0. The summed E-state index contributed by atoms with van der Waals surface area (Å²) < 4.78 is 53.4. The summed E-state index contributed by atoms with van der Waals surface area (Å²) in [4.78, 5) is 21.8. The maximum absolute atomic E-state index is 14.3. The summed E-state index contributed by atoms with van der Waals surface area (Å²) in [7, 11) is 7.82. The molecule has 0 bridgehead atoms. The number of nitrogens with zero attached hydrogens (tertiary/aromatic N) is 6. The molecule has 4 heterocycles. The van der Waals surface area contributed by atoms with Crippen molar-refractivity contribution >= 4 is 11.4 Å². The summed E-state index contributed by atoms with van der Waals surface area (Å²) in [5.74, 6) is -2.68. The van der Waals surface area contributed by atoms with E-state index >= 15 is 0 Å². The Morgan fingerprint density at radius 1 is 0.511 bits per heavy atom. The largest absolute Gasteiger partial charge is 0.378 e. The van der Waals surface area contributed by atoms with Crippen LogP contribution in [0.25, 0.3) is 45.3 Å². The van der Waals surface area contributed by atoms with Crippen LogP contribution in [0.15, 0.2) is 97.3 Å². The predicted octanol–water partition coefficient (Wildman–Crippen LogP) is 7.91. The minimum absolute atomic E-state index is 0. The van der Waals surface area contributed by atoms with Gasteiger partial charge < -0.3 is 14.8 Å². The van der Waals surface area contributed by atoms with E-state index in [1.807, 2.05) is 62.3 Å². The topological polar surface area (TPSA) is 58.0 Å². The van der Waals surface area contributed by atoms with Crippen LogP contribution in [0.2, 0.25) is 0 Å². The van der Waals surface area contributed by atoms with Crippen molar-refractivity contribution in [2.75, 3.05) is 38.0 Å². The summed E-state index contributed by atoms with van der Waals surface area (Å²) >= 11 is 0. The number of benzene rings is 2. The van der Waals surface area contributed by atoms with Gasteiger partial charge in [-0.05, 0) is 47.8 Å². The first kappa shape index (κ1) is 34.9. The van der Waals surface area contributed by atoms with Gasteiger partial charge in [-0.2, -0.15) is 0 Å². The van der Waals surface area contributed by atoms with E-state index in [1.165, 1.54) is 0 Å². The fourth-order valence-corrected chi connectivity index (χ4v) is 4.38. The molecule has 0 amide bonds. The van der Waals surface area contributed by atoms with Gasteiger partial charge in [0.15, 0.2) is 0 Å². The van der Waals surface area contributed by atoms with Crippen molar-refractivity contribution in [3.63, 3.8) is 0 Å². The van der Waals surface area contributed by atoms with Gasteiger partial charge >= 0.3 is 0 Å². The van der Waals surface area contributed by atoms with Crippen molar-refractivity contribution in [1.82, 2.24) is 19.9 Å². The first-order valence-electron chi connectivity index (χ1n) is 14.0. The fourth-order valence-electron chi connectivity index (χ4n) is 4.38. The van der Waals surface area contributed by atoms with Gasteiger partial charge in [0.25, 0.3) is 0 Å². The van der Waals surface area contributed by atoms with Crippen molar-refractivity contribution in [2.45, 2.75) is 0 Å². The summed E-state index contributed by atoms with van der Waals surface area (Å²) in [5.41, 5.74) is 5.64. The Hall–Kier alpha value is -4.99. The molecule has 0 spiro atoms. The zero-order valence-corrected chi connectivity index (χ0v) is 28.2. The molecule has 1 radical (unpaired) electrons. The minimum Gasteiger partial charge on any atom is -0.378 e. The van der Waals surface area contributed by atoms with Crippen molar-refractivity contribution < 1.29 is 37.7 Å². The molecule has 0 atom stereocenters. The molecule has 0 aliphatic rings. The standard InChI is InChI=1S/C25H22F2N5.C11H6F2N.Ir/c1-31(2)17-10-11-28-23(13-17)25-15-18(32(3)4)14-24(30-25)22-7-5-6-21(29-22)19-9-8-16(26)12-20(19)27;12-8-4-5-9(10(13)7-8)11-3-1-2-6-14-11;/h5-8,10-15H,1-4H3;1-4,6-7H;/q2*-1;. The van der Waals surface area contributed by atoms with Crippen molar-refractivity contribution in [1.29, 1.82) is 0 Å². The van der Waals surface area contributed by atoms with Gasteiger partial charge in [0.2, 0.25) is 0 Å². The summed E-state index contributed by atoms with van der Waals surface area (Å²) in [5, 5.41) is 0. The zero-order chi connectivity index (χ0) is 32.8. The molecular formula is C36H28F4IrN6-2. The quantitative estimate of drug-likeness (QED) is 0.126. The van der Waals surface area contributed by atoms with Gasteiger partial charge in [0.05, 0.1) is 22.8 Å². The number of anilines is 2. The second-order valence-corrected chi connectivity index (χ2v) is 10.5. The van der Waals surface area contributed by atoms with Crippen LogP contribution in [0.4, 0.5) is 28.9 Å². The number of pyridine rings is 4. The molecule has 6 rings (SSSR count). The molecule has 6 aromatic rings. The van der Waals surface area contributed by atoms with Crippen LogP contribution in [0.1, 0.15) is 0 Å². The molecule has 0 aliphatic heterocycles. The molecule has 0 saturated carbocycles. The molecule has 2 aromatic carbocycles. The van der Waals surface area contributed by atoms with Crippen molar-refractivity contribution in [3.05, 3.63) is 133 Å². The number of halogens is 4. The van der Waals surface area contributed by atoms with Crippen LogP contribution in [0.5, 0.6) is 0 Å². The fraction of sp³-hybridized carbons (Fsp3) is 0.111. The third-order valence-corrected chi connectivity index (χ3v) is 6.75. The maximum atomic E-state index is 14.3. The van der Waals surface area contributed by atoms with Crippen LogP contribution in [0, 0.1) is 35.4 Å². The summed E-state index contributed by atoms with van der Waals surface area (Å²) in [6, 6.07) is 27.1. The average Bonchev–Trinajstić information content (AvgIpc) is 3.05. The van der Waals surface area contributed by atoms with Gasteiger partial charge in [-0.1, -0.05) is 47.5 Å². The van der Waals surface area contributed by atoms with Crippen molar-refractivity contribution in [2.24, 2.45) is 0 Å². The van der Waals surface area contributed by atoms with E-state index in [9.17, 15) is 17.6 Å². The van der Waals surface area contributed by atoms with Gasteiger partial charge in [0, 0.05) is 95.3 Å². The van der Waals surface area contributed by atoms with Gasteiger partial charge in [-0.25, -0.2) is 4.98 Å². The number of rotatable bonds is 6. The zero-order valence-electron chi connectivity index (χ0n) is 25.8. The van der Waals surface area contributed by atoms with Crippen LogP contribution >= 0.6 is 0 Å². The van der Waals surface area contributed by atoms with Gasteiger partial charge in [0.1, 0.15) is 0 Å². The Kier molecular flexibility index (Phi) is 11.5. The Balaban J connectivity index is 0.000000279. The molecule has 0 unspecified atom stereocenters. The van der Waals surface area contributed by atoms with Gasteiger partial charge in [-0.15, -0.1) is 24.3 Å². The maximum Gasteiger partial charge on any atom is 0.0915 e. The van der Waals surface area contributed by atoms with E-state index in [2.05, 4.69) is 27.1 Å². The first-order valence-corrected chi connectivity index (χ1v) is 14.0.